The number of ether oxygens (including phenoxy) is 2. The van der Waals surface area contributed by atoms with Crippen molar-refractivity contribution in [2.24, 2.45) is 0 Å². The van der Waals surface area contributed by atoms with E-state index in [0.29, 0.717) is 0 Å². The van der Waals surface area contributed by atoms with E-state index in [-0.39, 0.29) is 7.43 Å². The van der Waals surface area contributed by atoms with Crippen LogP contribution in [0.25, 0.3) is 0 Å². The predicted molar refractivity (Wildman–Crippen MR) is 103 cm³/mol. The van der Waals surface area contributed by atoms with E-state index >= 15 is 0 Å². The maximum atomic E-state index is 5.95. The summed E-state index contributed by atoms with van der Waals surface area (Å²) in [6.45, 7) is 4.69. The fourth-order valence-corrected chi connectivity index (χ4v) is 3.55. The highest BCUT2D eigenvalue weighted by Gasteiger charge is 2.21. The number of rotatable bonds is 3. The maximum absolute atomic E-state index is 5.95. The summed E-state index contributed by atoms with van der Waals surface area (Å²) in [5, 5.41) is 3.48. The molecule has 0 saturated carbocycles. The van der Waals surface area contributed by atoms with Crippen LogP contribution in [0, 0.1) is 0 Å². The van der Waals surface area contributed by atoms with Gasteiger partial charge in [0.2, 0.25) is 0 Å². The molecule has 0 fully saturated rings. The lowest BCUT2D eigenvalue weighted by Crippen LogP contribution is -2.32. The van der Waals surface area contributed by atoms with Crippen molar-refractivity contribution < 1.29 is 9.47 Å². The van der Waals surface area contributed by atoms with E-state index in [1.54, 1.807) is 7.11 Å². The van der Waals surface area contributed by atoms with Crippen molar-refractivity contribution in [2.45, 2.75) is 26.8 Å². The van der Waals surface area contributed by atoms with Gasteiger partial charge in [0, 0.05) is 6.54 Å². The highest BCUT2D eigenvalue weighted by atomic mass is 16.5. The molecule has 4 nitrogen and oxygen atoms in total. The molecule has 0 aromatic heterocycles. The van der Waals surface area contributed by atoms with E-state index in [1.165, 1.54) is 22.4 Å². The van der Waals surface area contributed by atoms with Crippen molar-refractivity contribution in [3.05, 3.63) is 53.1 Å². The molecule has 0 radical (unpaired) electrons. The summed E-state index contributed by atoms with van der Waals surface area (Å²) >= 11 is 0. The van der Waals surface area contributed by atoms with Crippen LogP contribution < -0.4 is 19.7 Å². The van der Waals surface area contributed by atoms with Crippen molar-refractivity contribution in [3.63, 3.8) is 0 Å². The fourth-order valence-electron chi connectivity index (χ4n) is 3.55. The zero-order chi connectivity index (χ0) is 16.4. The lowest BCUT2D eigenvalue weighted by atomic mass is 10.00. The van der Waals surface area contributed by atoms with Crippen LogP contribution in [0.3, 0.4) is 0 Å². The zero-order valence-corrected chi connectivity index (χ0v) is 14.2. The molecule has 0 spiro atoms. The summed E-state index contributed by atoms with van der Waals surface area (Å²) in [7, 11) is 1.70. The molecular formula is C21H28N2O2. The quantitative estimate of drug-likeness (QED) is 0.928. The Hall–Kier alpha value is -2.20. The topological polar surface area (TPSA) is 33.7 Å². The smallest absolute Gasteiger partial charge is 0.142 e. The van der Waals surface area contributed by atoms with Crippen LogP contribution in [0.4, 0.5) is 5.69 Å². The molecule has 2 aromatic rings. The van der Waals surface area contributed by atoms with Gasteiger partial charge in [0.25, 0.3) is 0 Å². The molecule has 1 N–H and O–H groups in total. The van der Waals surface area contributed by atoms with Gasteiger partial charge in [0.1, 0.15) is 18.1 Å². The first-order valence-electron chi connectivity index (χ1n) is 8.71. The SMILES string of the molecule is C.COc1ccc(CN2CCOc3cc4c(cc32)CCNCC4)cc1. The Labute approximate surface area is 150 Å². The molecule has 0 aliphatic carbocycles. The summed E-state index contributed by atoms with van der Waals surface area (Å²) in [6.07, 6.45) is 2.18. The first-order chi connectivity index (χ1) is 11.8. The number of methoxy groups -OCH3 is 1. The Morgan fingerprint density at radius 3 is 2.52 bits per heavy atom. The van der Waals surface area contributed by atoms with E-state index in [9.17, 15) is 0 Å². The number of anilines is 1. The van der Waals surface area contributed by atoms with Crippen LogP contribution in [-0.4, -0.2) is 33.4 Å². The first-order valence-corrected chi connectivity index (χ1v) is 8.71. The van der Waals surface area contributed by atoms with Crippen molar-refractivity contribution in [3.8, 4) is 11.5 Å². The van der Waals surface area contributed by atoms with Gasteiger partial charge in [-0.05, 0) is 66.9 Å². The third kappa shape index (κ3) is 3.74. The second kappa shape index (κ2) is 7.79. The Balaban J connectivity index is 0.00000182. The Kier molecular flexibility index (Phi) is 5.49. The molecule has 2 aromatic carbocycles. The number of benzene rings is 2. The summed E-state index contributed by atoms with van der Waals surface area (Å²) in [5.41, 5.74) is 5.42. The van der Waals surface area contributed by atoms with Gasteiger partial charge in [-0.1, -0.05) is 19.6 Å². The molecule has 0 saturated heterocycles. The molecule has 0 atom stereocenters. The van der Waals surface area contributed by atoms with Crippen molar-refractivity contribution >= 4 is 5.69 Å². The minimum atomic E-state index is 0. The number of hydrogen-bond donors (Lipinski definition) is 1. The lowest BCUT2D eigenvalue weighted by molar-refractivity contribution is 0.306. The summed E-state index contributed by atoms with van der Waals surface area (Å²) < 4.78 is 11.2. The lowest BCUT2D eigenvalue weighted by Gasteiger charge is -2.32. The molecule has 4 heteroatoms. The van der Waals surface area contributed by atoms with Crippen molar-refractivity contribution in [1.82, 2.24) is 5.32 Å². The Morgan fingerprint density at radius 2 is 1.80 bits per heavy atom. The summed E-state index contributed by atoms with van der Waals surface area (Å²) in [5.74, 6) is 1.94. The van der Waals surface area contributed by atoms with Gasteiger partial charge in [-0.3, -0.25) is 0 Å². The third-order valence-electron chi connectivity index (χ3n) is 4.92. The minimum absolute atomic E-state index is 0. The van der Waals surface area contributed by atoms with Crippen LogP contribution in [-0.2, 0) is 19.4 Å². The van der Waals surface area contributed by atoms with E-state index in [0.717, 1.165) is 57.1 Å². The minimum Gasteiger partial charge on any atom is -0.497 e. The third-order valence-corrected chi connectivity index (χ3v) is 4.92. The van der Waals surface area contributed by atoms with E-state index < -0.39 is 0 Å². The summed E-state index contributed by atoms with van der Waals surface area (Å²) in [4.78, 5) is 2.43. The maximum Gasteiger partial charge on any atom is 0.142 e. The average molecular weight is 340 g/mol. The highest BCUT2D eigenvalue weighted by Crippen LogP contribution is 2.36. The molecule has 0 bridgehead atoms. The fraction of sp³-hybridized carbons (Fsp3) is 0.429. The molecule has 2 aliphatic rings. The second-order valence-electron chi connectivity index (χ2n) is 6.46. The van der Waals surface area contributed by atoms with Crippen molar-refractivity contribution in [1.29, 1.82) is 0 Å². The largest absolute Gasteiger partial charge is 0.497 e. The molecule has 4 rings (SSSR count). The Morgan fingerprint density at radius 1 is 1.08 bits per heavy atom. The van der Waals surface area contributed by atoms with E-state index in [1.807, 2.05) is 12.1 Å². The van der Waals surface area contributed by atoms with Gasteiger partial charge in [0.15, 0.2) is 0 Å². The van der Waals surface area contributed by atoms with E-state index in [4.69, 9.17) is 9.47 Å². The van der Waals surface area contributed by atoms with Crippen LogP contribution >= 0.6 is 0 Å². The molecule has 2 heterocycles. The molecule has 0 amide bonds. The zero-order valence-electron chi connectivity index (χ0n) is 14.2. The summed E-state index contributed by atoms with van der Waals surface area (Å²) in [6, 6.07) is 12.9. The first kappa shape index (κ1) is 17.6. The van der Waals surface area contributed by atoms with Crippen LogP contribution in [0.5, 0.6) is 11.5 Å². The van der Waals surface area contributed by atoms with Gasteiger partial charge >= 0.3 is 0 Å². The van der Waals surface area contributed by atoms with Crippen LogP contribution in [0.2, 0.25) is 0 Å². The molecule has 25 heavy (non-hydrogen) atoms. The normalized spacial score (nSPS) is 16.0. The number of nitrogens with one attached hydrogen (secondary N) is 1. The number of nitrogens with zero attached hydrogens (tertiary/aromatic N) is 1. The van der Waals surface area contributed by atoms with Gasteiger partial charge in [-0.25, -0.2) is 0 Å². The van der Waals surface area contributed by atoms with Crippen LogP contribution in [0.15, 0.2) is 36.4 Å². The molecule has 0 unspecified atom stereocenters. The molecule has 2 aliphatic heterocycles. The Bertz CT molecular complexity index is 713. The highest BCUT2D eigenvalue weighted by molar-refractivity contribution is 5.63. The second-order valence-corrected chi connectivity index (χ2v) is 6.46. The van der Waals surface area contributed by atoms with Gasteiger partial charge in [-0.15, -0.1) is 0 Å². The average Bonchev–Trinajstić information content (AvgIpc) is 2.86. The standard InChI is InChI=1S/C20H24N2O2.CH4/c1-23-18-4-2-15(3-5-18)14-22-10-11-24-20-13-17-7-9-21-8-6-16(17)12-19(20)22;/h2-5,12-13,21H,6-11,14H2,1H3;1H4. The van der Waals surface area contributed by atoms with Gasteiger partial charge < -0.3 is 19.7 Å². The van der Waals surface area contributed by atoms with Gasteiger partial charge in [0.05, 0.1) is 19.3 Å². The van der Waals surface area contributed by atoms with E-state index in [2.05, 4.69) is 34.5 Å². The predicted octanol–water partition coefficient (Wildman–Crippen LogP) is 3.42. The number of hydrogen-bond acceptors (Lipinski definition) is 4. The monoisotopic (exact) mass is 340 g/mol. The van der Waals surface area contributed by atoms with Gasteiger partial charge in [-0.2, -0.15) is 0 Å². The molecular weight excluding hydrogens is 312 g/mol. The number of fused-ring (bicyclic) bond motifs is 2. The molecule has 134 valence electrons. The van der Waals surface area contributed by atoms with Crippen LogP contribution in [0.1, 0.15) is 24.1 Å². The van der Waals surface area contributed by atoms with Crippen molar-refractivity contribution in [2.75, 3.05) is 38.3 Å².